The van der Waals surface area contributed by atoms with Gasteiger partial charge in [0.2, 0.25) is 0 Å². The number of para-hydroxylation sites is 3. The fourth-order valence-electron chi connectivity index (χ4n) is 4.58. The average molecular weight is 385 g/mol. The van der Waals surface area contributed by atoms with E-state index in [-0.39, 0.29) is 11.8 Å². The first kappa shape index (κ1) is 17.8. The molecule has 0 saturated carbocycles. The van der Waals surface area contributed by atoms with Gasteiger partial charge in [-0.1, -0.05) is 36.3 Å². The van der Waals surface area contributed by atoms with Crippen molar-refractivity contribution in [2.45, 2.75) is 32.0 Å². The first-order valence-electron chi connectivity index (χ1n) is 10.1. The van der Waals surface area contributed by atoms with Crippen LogP contribution in [0.5, 0.6) is 0 Å². The van der Waals surface area contributed by atoms with Gasteiger partial charge in [0, 0.05) is 42.8 Å². The second-order valence-corrected chi connectivity index (χ2v) is 7.72. The predicted octanol–water partition coefficient (Wildman–Crippen LogP) is 4.02. The van der Waals surface area contributed by atoms with E-state index in [1.165, 1.54) is 16.5 Å². The highest BCUT2D eigenvalue weighted by molar-refractivity contribution is 5.84. The van der Waals surface area contributed by atoms with Gasteiger partial charge in [-0.25, -0.2) is 4.79 Å². The van der Waals surface area contributed by atoms with Crippen LogP contribution in [0.25, 0.3) is 22.0 Å². The van der Waals surface area contributed by atoms with Crippen molar-refractivity contribution in [3.8, 4) is 12.3 Å². The summed E-state index contributed by atoms with van der Waals surface area (Å²) in [5, 5.41) is 1.27. The van der Waals surface area contributed by atoms with Crippen LogP contribution in [-0.2, 0) is 13.1 Å². The molecule has 0 amide bonds. The Bertz CT molecular complexity index is 1260. The zero-order valence-electron chi connectivity index (χ0n) is 16.3. The summed E-state index contributed by atoms with van der Waals surface area (Å²) in [6.45, 7) is 3.38. The molecule has 1 saturated heterocycles. The van der Waals surface area contributed by atoms with E-state index >= 15 is 0 Å². The molecule has 0 atom stereocenters. The molecule has 5 nitrogen and oxygen atoms in total. The van der Waals surface area contributed by atoms with Gasteiger partial charge < -0.3 is 8.98 Å². The number of nitrogens with zero attached hydrogens (tertiary/aromatic N) is 3. The van der Waals surface area contributed by atoms with Crippen LogP contribution in [0, 0.1) is 12.3 Å². The summed E-state index contributed by atoms with van der Waals surface area (Å²) in [4.78, 5) is 14.8. The van der Waals surface area contributed by atoms with E-state index in [2.05, 4.69) is 45.8 Å². The minimum absolute atomic E-state index is 0.185. The van der Waals surface area contributed by atoms with Crippen LogP contribution in [0.1, 0.15) is 24.4 Å². The monoisotopic (exact) mass is 385 g/mol. The maximum Gasteiger partial charge on any atom is 0.420 e. The first-order chi connectivity index (χ1) is 14.2. The normalized spacial score (nSPS) is 15.8. The number of rotatable bonds is 4. The van der Waals surface area contributed by atoms with Gasteiger partial charge in [0.1, 0.15) is 0 Å². The molecule has 0 spiro atoms. The third-order valence-electron chi connectivity index (χ3n) is 5.97. The lowest BCUT2D eigenvalue weighted by Gasteiger charge is -2.32. The predicted molar refractivity (Wildman–Crippen MR) is 115 cm³/mol. The molecular formula is C24H23N3O2. The highest BCUT2D eigenvalue weighted by Gasteiger charge is 2.25. The largest absolute Gasteiger partial charge is 0.420 e. The topological polar surface area (TPSA) is 43.3 Å². The molecule has 4 aromatic rings. The quantitative estimate of drug-likeness (QED) is 0.499. The fraction of sp³-hybridized carbons (Fsp3) is 0.292. The second kappa shape index (κ2) is 7.31. The van der Waals surface area contributed by atoms with Crippen molar-refractivity contribution in [2.24, 2.45) is 0 Å². The zero-order valence-corrected chi connectivity index (χ0v) is 16.3. The lowest BCUT2D eigenvalue weighted by molar-refractivity contribution is 0.178. The van der Waals surface area contributed by atoms with Crippen LogP contribution in [0.4, 0.5) is 0 Å². The number of likely N-dealkylation sites (tertiary alicyclic amines) is 1. The minimum atomic E-state index is -0.248. The summed E-state index contributed by atoms with van der Waals surface area (Å²) in [6, 6.07) is 16.3. The number of hydrogen-bond donors (Lipinski definition) is 0. The molecule has 3 heterocycles. The number of aromatic nitrogens is 2. The Morgan fingerprint density at radius 3 is 2.55 bits per heavy atom. The number of fused-ring (bicyclic) bond motifs is 2. The standard InChI is InChI=1S/C24H23N3O2/c1-2-13-26-17-18(20-7-3-4-8-21(20)26)16-25-14-11-19(12-15-25)27-22-9-5-6-10-23(22)29-24(27)28/h1,3-10,17,19H,11-16H2. The maximum absolute atomic E-state index is 12.4. The van der Waals surface area contributed by atoms with E-state index in [0.29, 0.717) is 12.1 Å². The van der Waals surface area contributed by atoms with E-state index in [1.54, 1.807) is 0 Å². The molecule has 29 heavy (non-hydrogen) atoms. The Kier molecular flexibility index (Phi) is 4.49. The van der Waals surface area contributed by atoms with Crippen LogP contribution in [0.3, 0.4) is 0 Å². The van der Waals surface area contributed by atoms with E-state index in [0.717, 1.165) is 38.0 Å². The van der Waals surface area contributed by atoms with Gasteiger partial charge in [-0.05, 0) is 36.6 Å². The molecule has 2 aromatic heterocycles. The molecular weight excluding hydrogens is 362 g/mol. The average Bonchev–Trinajstić information content (AvgIpc) is 3.26. The molecule has 1 aliphatic heterocycles. The highest BCUT2D eigenvalue weighted by Crippen LogP contribution is 2.28. The lowest BCUT2D eigenvalue weighted by Crippen LogP contribution is -2.36. The van der Waals surface area contributed by atoms with Crippen molar-refractivity contribution in [2.75, 3.05) is 13.1 Å². The van der Waals surface area contributed by atoms with E-state index < -0.39 is 0 Å². The van der Waals surface area contributed by atoms with Crippen molar-refractivity contribution < 1.29 is 4.42 Å². The summed E-state index contributed by atoms with van der Waals surface area (Å²) >= 11 is 0. The van der Waals surface area contributed by atoms with E-state index in [1.807, 2.05) is 28.8 Å². The first-order valence-corrected chi connectivity index (χ1v) is 10.1. The Balaban J connectivity index is 1.34. The number of terminal acetylenes is 1. The maximum atomic E-state index is 12.4. The Labute approximate surface area is 169 Å². The van der Waals surface area contributed by atoms with Crippen molar-refractivity contribution >= 4 is 22.0 Å². The molecule has 0 bridgehead atoms. The smallest absolute Gasteiger partial charge is 0.408 e. The Hall–Kier alpha value is -3.23. The van der Waals surface area contributed by atoms with Crippen molar-refractivity contribution in [1.29, 1.82) is 0 Å². The second-order valence-electron chi connectivity index (χ2n) is 7.72. The van der Waals surface area contributed by atoms with Crippen LogP contribution >= 0.6 is 0 Å². The lowest BCUT2D eigenvalue weighted by atomic mass is 10.0. The van der Waals surface area contributed by atoms with Gasteiger partial charge in [0.25, 0.3) is 0 Å². The van der Waals surface area contributed by atoms with Crippen LogP contribution in [0.2, 0.25) is 0 Å². The molecule has 0 radical (unpaired) electrons. The van der Waals surface area contributed by atoms with Gasteiger partial charge in [-0.3, -0.25) is 9.47 Å². The summed E-state index contributed by atoms with van der Waals surface area (Å²) in [7, 11) is 0. The van der Waals surface area contributed by atoms with Crippen LogP contribution in [-0.4, -0.2) is 27.1 Å². The Morgan fingerprint density at radius 1 is 1.03 bits per heavy atom. The van der Waals surface area contributed by atoms with E-state index in [9.17, 15) is 4.79 Å². The molecule has 1 aliphatic rings. The third-order valence-corrected chi connectivity index (χ3v) is 5.97. The molecule has 146 valence electrons. The summed E-state index contributed by atoms with van der Waals surface area (Å²) in [6.07, 6.45) is 9.60. The van der Waals surface area contributed by atoms with Crippen LogP contribution < -0.4 is 5.76 Å². The molecule has 0 unspecified atom stereocenters. The number of benzene rings is 2. The third kappa shape index (κ3) is 3.16. The van der Waals surface area contributed by atoms with Crippen molar-refractivity contribution in [1.82, 2.24) is 14.0 Å². The molecule has 0 aliphatic carbocycles. The minimum Gasteiger partial charge on any atom is -0.408 e. The van der Waals surface area contributed by atoms with Crippen molar-refractivity contribution in [3.05, 3.63) is 70.8 Å². The number of piperidine rings is 1. The van der Waals surface area contributed by atoms with Gasteiger partial charge in [0.15, 0.2) is 5.58 Å². The summed E-state index contributed by atoms with van der Waals surface area (Å²) in [5.74, 6) is 2.49. The van der Waals surface area contributed by atoms with Crippen molar-refractivity contribution in [3.63, 3.8) is 0 Å². The fourth-order valence-corrected chi connectivity index (χ4v) is 4.58. The molecule has 5 heteroatoms. The number of oxazole rings is 1. The summed E-state index contributed by atoms with van der Waals surface area (Å²) in [5.41, 5.74) is 4.06. The highest BCUT2D eigenvalue weighted by atomic mass is 16.4. The van der Waals surface area contributed by atoms with E-state index in [4.69, 9.17) is 10.8 Å². The molecule has 2 aromatic carbocycles. The van der Waals surface area contributed by atoms with Gasteiger partial charge >= 0.3 is 5.76 Å². The number of hydrogen-bond acceptors (Lipinski definition) is 3. The molecule has 0 N–H and O–H groups in total. The SMILES string of the molecule is C#CCn1cc(CN2CCC(n3c(=O)oc4ccccc43)CC2)c2ccccc21. The van der Waals surface area contributed by atoms with Gasteiger partial charge in [0.05, 0.1) is 12.1 Å². The zero-order chi connectivity index (χ0) is 19.8. The molecule has 1 fully saturated rings. The summed E-state index contributed by atoms with van der Waals surface area (Å²) < 4.78 is 9.41. The molecule has 5 rings (SSSR count). The van der Waals surface area contributed by atoms with Crippen LogP contribution in [0.15, 0.2) is 63.9 Å². The Morgan fingerprint density at radius 2 is 1.76 bits per heavy atom. The van der Waals surface area contributed by atoms with Gasteiger partial charge in [-0.15, -0.1) is 6.42 Å². The van der Waals surface area contributed by atoms with Gasteiger partial charge in [-0.2, -0.15) is 0 Å².